The molecule has 3 N–H and O–H groups in total. The average molecular weight is 250 g/mol. The van der Waals surface area contributed by atoms with E-state index in [0.717, 1.165) is 5.56 Å². The highest BCUT2D eigenvalue weighted by molar-refractivity contribution is 7.79. The summed E-state index contributed by atoms with van der Waals surface area (Å²) >= 11 is 0. The predicted molar refractivity (Wildman–Crippen MR) is 54.5 cm³/mol. The first-order valence-electron chi connectivity index (χ1n) is 3.91. The van der Waals surface area contributed by atoms with Crippen LogP contribution in [0.2, 0.25) is 0 Å². The summed E-state index contributed by atoms with van der Waals surface area (Å²) in [5, 5.41) is 9.32. The van der Waals surface area contributed by atoms with Crippen molar-refractivity contribution in [3.05, 3.63) is 46.0 Å². The van der Waals surface area contributed by atoms with Gasteiger partial charge in [0.1, 0.15) is 6.54 Å². The summed E-state index contributed by atoms with van der Waals surface area (Å²) in [6.07, 6.45) is 0. The van der Waals surface area contributed by atoms with Crippen molar-refractivity contribution in [3.63, 3.8) is 0 Å². The normalized spacial score (nSPS) is 9.88. The molecule has 0 aliphatic heterocycles. The van der Waals surface area contributed by atoms with Crippen molar-refractivity contribution in [1.29, 1.82) is 0 Å². The Kier molecular flexibility index (Phi) is 6.00. The molecular formula is C7H10N2O6S. The zero-order chi connectivity index (χ0) is 12.6. The van der Waals surface area contributed by atoms with Crippen LogP contribution in [0.1, 0.15) is 5.56 Å². The Hall–Kier alpha value is -1.71. The van der Waals surface area contributed by atoms with Crippen LogP contribution in [-0.2, 0) is 16.9 Å². The number of hydrazine groups is 1. The molecule has 0 saturated carbocycles. The highest BCUT2D eigenvalue weighted by Gasteiger charge is 1.94. The van der Waals surface area contributed by atoms with Gasteiger partial charge in [-0.05, 0) is 5.56 Å². The lowest BCUT2D eigenvalue weighted by atomic mass is 10.2. The van der Waals surface area contributed by atoms with Gasteiger partial charge in [0.2, 0.25) is 0 Å². The minimum absolute atomic E-state index is 0.272. The van der Waals surface area contributed by atoms with Crippen molar-refractivity contribution in [1.82, 2.24) is 5.43 Å². The van der Waals surface area contributed by atoms with E-state index in [1.165, 1.54) is 0 Å². The second-order valence-electron chi connectivity index (χ2n) is 2.53. The monoisotopic (exact) mass is 250 g/mol. The Bertz CT molecular complexity index is 410. The Labute approximate surface area is 91.6 Å². The minimum Gasteiger partial charge on any atom is -0.264 e. The van der Waals surface area contributed by atoms with Crippen LogP contribution in [-0.4, -0.2) is 22.6 Å². The van der Waals surface area contributed by atoms with E-state index >= 15 is 0 Å². The Morgan fingerprint density at radius 3 is 2.06 bits per heavy atom. The van der Waals surface area contributed by atoms with Gasteiger partial charge in [-0.3, -0.25) is 9.11 Å². The van der Waals surface area contributed by atoms with Crippen LogP contribution in [0.15, 0.2) is 30.3 Å². The van der Waals surface area contributed by atoms with Crippen LogP contribution in [0.5, 0.6) is 0 Å². The molecule has 0 radical (unpaired) electrons. The van der Waals surface area contributed by atoms with E-state index in [1.807, 2.05) is 30.3 Å². The smallest absolute Gasteiger partial charge is 0.264 e. The van der Waals surface area contributed by atoms with Gasteiger partial charge in [0.25, 0.3) is 0 Å². The van der Waals surface area contributed by atoms with Crippen molar-refractivity contribution in [2.24, 2.45) is 0 Å². The van der Waals surface area contributed by atoms with E-state index in [1.54, 1.807) is 0 Å². The van der Waals surface area contributed by atoms with E-state index in [2.05, 4.69) is 5.43 Å². The highest BCUT2D eigenvalue weighted by Crippen LogP contribution is 1.96. The van der Waals surface area contributed by atoms with Crippen LogP contribution in [0, 0.1) is 10.1 Å². The molecule has 90 valence electrons. The number of hydrogen-bond donors (Lipinski definition) is 3. The molecule has 1 aromatic rings. The quantitative estimate of drug-likeness (QED) is 0.400. The molecule has 1 rings (SSSR count). The first-order valence-corrected chi connectivity index (χ1v) is 5.30. The number of benzene rings is 1. The number of nitro groups is 1. The average Bonchev–Trinajstić information content (AvgIpc) is 2.14. The van der Waals surface area contributed by atoms with Gasteiger partial charge in [-0.25, -0.2) is 10.1 Å². The zero-order valence-corrected chi connectivity index (χ0v) is 8.79. The lowest BCUT2D eigenvalue weighted by molar-refractivity contribution is -0.546. The number of nitrogens with one attached hydrogen (secondary N) is 1. The fraction of sp³-hybridized carbons (Fsp3) is 0.143. The third kappa shape index (κ3) is 12.3. The van der Waals surface area contributed by atoms with E-state index < -0.39 is 15.4 Å². The molecule has 0 heterocycles. The maximum atomic E-state index is 9.87. The highest BCUT2D eigenvalue weighted by atomic mass is 32.3. The second kappa shape index (κ2) is 6.71. The maximum absolute atomic E-state index is 9.87. The lowest BCUT2D eigenvalue weighted by Crippen LogP contribution is -2.20. The van der Waals surface area contributed by atoms with Gasteiger partial charge < -0.3 is 0 Å². The Morgan fingerprint density at radius 1 is 1.25 bits per heavy atom. The summed E-state index contributed by atoms with van der Waals surface area (Å²) in [5.41, 5.74) is 2.99. The predicted octanol–water partition coefficient (Wildman–Crippen LogP) is 0.315. The van der Waals surface area contributed by atoms with Gasteiger partial charge in [0.15, 0.2) is 5.03 Å². The molecule has 0 aliphatic carbocycles. The molecule has 1 aromatic carbocycles. The second-order valence-corrected chi connectivity index (χ2v) is 3.42. The molecular weight excluding hydrogens is 240 g/mol. The summed E-state index contributed by atoms with van der Waals surface area (Å²) in [4.78, 5) is 9.87. The van der Waals surface area contributed by atoms with Crippen LogP contribution in [0.25, 0.3) is 0 Å². The molecule has 0 spiro atoms. The van der Waals surface area contributed by atoms with Crippen LogP contribution < -0.4 is 5.43 Å². The van der Waals surface area contributed by atoms with Crippen molar-refractivity contribution in [2.45, 2.75) is 6.54 Å². The number of nitrogens with zero attached hydrogens (tertiary/aromatic N) is 1. The topological polar surface area (TPSA) is 130 Å². The summed E-state index contributed by atoms with van der Waals surface area (Å²) in [7, 11) is -4.67. The molecule has 0 saturated heterocycles. The molecule has 0 unspecified atom stereocenters. The summed E-state index contributed by atoms with van der Waals surface area (Å²) in [5.74, 6) is 0. The van der Waals surface area contributed by atoms with E-state index in [-0.39, 0.29) is 6.54 Å². The van der Waals surface area contributed by atoms with Crippen LogP contribution in [0.3, 0.4) is 0 Å². The lowest BCUT2D eigenvalue weighted by Gasteiger charge is -1.95. The van der Waals surface area contributed by atoms with Gasteiger partial charge in [-0.2, -0.15) is 8.42 Å². The fourth-order valence-corrected chi connectivity index (χ4v) is 0.752. The SMILES string of the molecule is O=S(=O)(O)O.O=[N+]([O-])NCc1ccccc1. The fourth-order valence-electron chi connectivity index (χ4n) is 0.752. The summed E-state index contributed by atoms with van der Waals surface area (Å²) in [6.45, 7) is 0.272. The van der Waals surface area contributed by atoms with E-state index in [9.17, 15) is 10.1 Å². The number of hydrogen-bond acceptors (Lipinski definition) is 4. The largest absolute Gasteiger partial charge is 0.394 e. The molecule has 0 bridgehead atoms. The molecule has 0 aliphatic rings. The van der Waals surface area contributed by atoms with Gasteiger partial charge in [-0.1, -0.05) is 30.3 Å². The molecule has 0 fully saturated rings. The van der Waals surface area contributed by atoms with Gasteiger partial charge >= 0.3 is 10.4 Å². The van der Waals surface area contributed by atoms with E-state index in [4.69, 9.17) is 17.5 Å². The van der Waals surface area contributed by atoms with Gasteiger partial charge in [0, 0.05) is 0 Å². The van der Waals surface area contributed by atoms with Gasteiger partial charge in [-0.15, -0.1) is 5.43 Å². The molecule has 0 amide bonds. The Morgan fingerprint density at radius 2 is 1.69 bits per heavy atom. The van der Waals surface area contributed by atoms with Gasteiger partial charge in [0.05, 0.1) is 0 Å². The molecule has 16 heavy (non-hydrogen) atoms. The zero-order valence-electron chi connectivity index (χ0n) is 7.98. The third-order valence-electron chi connectivity index (χ3n) is 1.26. The Balaban J connectivity index is 0.000000385. The van der Waals surface area contributed by atoms with E-state index in [0.29, 0.717) is 0 Å². The van der Waals surface area contributed by atoms with Crippen LogP contribution >= 0.6 is 0 Å². The number of rotatable bonds is 3. The van der Waals surface area contributed by atoms with Crippen molar-refractivity contribution < 1.29 is 22.6 Å². The third-order valence-corrected chi connectivity index (χ3v) is 1.26. The first-order chi connectivity index (χ1) is 7.29. The van der Waals surface area contributed by atoms with Crippen molar-refractivity contribution in [2.75, 3.05) is 0 Å². The van der Waals surface area contributed by atoms with Crippen molar-refractivity contribution in [3.8, 4) is 0 Å². The molecule has 8 nitrogen and oxygen atoms in total. The first kappa shape index (κ1) is 14.3. The minimum atomic E-state index is -4.67. The molecule has 0 atom stereocenters. The standard InChI is InChI=1S/C7H8N2O2.H2O4S/c10-9(11)8-6-7-4-2-1-3-5-7;1-5(2,3)4/h1-5,8H,6H2;(H2,1,2,3,4). The maximum Gasteiger partial charge on any atom is 0.394 e. The van der Waals surface area contributed by atoms with Crippen molar-refractivity contribution >= 4 is 10.4 Å². The molecule has 0 aromatic heterocycles. The summed E-state index contributed by atoms with van der Waals surface area (Å²) < 4.78 is 31.6. The van der Waals surface area contributed by atoms with Crippen LogP contribution in [0.4, 0.5) is 0 Å². The molecule has 9 heteroatoms. The summed E-state index contributed by atoms with van der Waals surface area (Å²) in [6, 6.07) is 9.22.